The highest BCUT2D eigenvalue weighted by molar-refractivity contribution is 5.66. The van der Waals surface area contributed by atoms with Gasteiger partial charge in [-0.05, 0) is 58.1 Å². The van der Waals surface area contributed by atoms with Crippen LogP contribution in [-0.4, -0.2) is 58.5 Å². The first-order valence-electron chi connectivity index (χ1n) is 10.8. The van der Waals surface area contributed by atoms with Gasteiger partial charge in [-0.15, -0.1) is 0 Å². The average molecular weight is 427 g/mol. The summed E-state index contributed by atoms with van der Waals surface area (Å²) in [5, 5.41) is 0. The summed E-state index contributed by atoms with van der Waals surface area (Å²) >= 11 is 0. The lowest BCUT2D eigenvalue weighted by Gasteiger charge is -2.45. The zero-order valence-corrected chi connectivity index (χ0v) is 20.2. The van der Waals surface area contributed by atoms with Crippen LogP contribution in [0.2, 0.25) is 0 Å². The first-order valence-corrected chi connectivity index (χ1v) is 10.8. The van der Waals surface area contributed by atoms with Crippen molar-refractivity contribution in [3.63, 3.8) is 0 Å². The Morgan fingerprint density at radius 1 is 1.20 bits per heavy atom. The number of hydrogen-bond donors (Lipinski definition) is 0. The molecule has 6 nitrogen and oxygen atoms in total. The van der Waals surface area contributed by atoms with Crippen molar-refractivity contribution in [3.8, 4) is 0 Å². The van der Waals surface area contributed by atoms with Gasteiger partial charge in [-0.2, -0.15) is 0 Å². The maximum absolute atomic E-state index is 10.9. The van der Waals surface area contributed by atoms with E-state index in [1.807, 2.05) is 6.92 Å². The third-order valence-electron chi connectivity index (χ3n) is 6.65. The van der Waals surface area contributed by atoms with E-state index in [1.54, 1.807) is 34.5 Å². The van der Waals surface area contributed by atoms with Gasteiger partial charge in [0, 0.05) is 47.2 Å². The Hall–Kier alpha value is -1.05. The van der Waals surface area contributed by atoms with Crippen molar-refractivity contribution in [1.82, 2.24) is 0 Å². The van der Waals surface area contributed by atoms with Crippen molar-refractivity contribution in [3.05, 3.63) is 23.3 Å². The third-order valence-corrected chi connectivity index (χ3v) is 6.65. The fourth-order valence-electron chi connectivity index (χ4n) is 4.40. The Bertz CT molecular complexity index is 585. The molecule has 0 saturated carbocycles. The number of hydrogen-bond acceptors (Lipinski definition) is 6. The molecule has 1 aliphatic rings. The van der Waals surface area contributed by atoms with Crippen molar-refractivity contribution in [1.29, 1.82) is 0 Å². The quantitative estimate of drug-likeness (QED) is 0.193. The van der Waals surface area contributed by atoms with Gasteiger partial charge in [-0.3, -0.25) is 4.79 Å². The molecule has 1 fully saturated rings. The van der Waals surface area contributed by atoms with E-state index < -0.39 is 17.2 Å². The highest BCUT2D eigenvalue weighted by Gasteiger charge is 2.51. The first kappa shape index (κ1) is 27.0. The number of ether oxygens (including phenoxy) is 5. The van der Waals surface area contributed by atoms with Gasteiger partial charge in [0.2, 0.25) is 0 Å². The first-order chi connectivity index (χ1) is 14.2. The van der Waals surface area contributed by atoms with Crippen LogP contribution in [0, 0.1) is 5.92 Å². The lowest BCUT2D eigenvalue weighted by atomic mass is 9.83. The maximum Gasteiger partial charge on any atom is 0.197 e. The Balaban J connectivity index is 2.93. The molecule has 6 heteroatoms. The van der Waals surface area contributed by atoms with E-state index in [-0.39, 0.29) is 5.92 Å². The molecule has 0 spiro atoms. The van der Waals surface area contributed by atoms with Crippen LogP contribution in [0.3, 0.4) is 0 Å². The van der Waals surface area contributed by atoms with E-state index in [2.05, 4.69) is 26.8 Å². The van der Waals surface area contributed by atoms with Crippen molar-refractivity contribution in [2.24, 2.45) is 5.92 Å². The molecule has 0 bridgehead atoms. The molecule has 1 heterocycles. The van der Waals surface area contributed by atoms with Crippen LogP contribution in [0.5, 0.6) is 0 Å². The van der Waals surface area contributed by atoms with Crippen molar-refractivity contribution < 1.29 is 28.5 Å². The van der Waals surface area contributed by atoms with E-state index in [0.29, 0.717) is 25.9 Å². The van der Waals surface area contributed by atoms with Crippen LogP contribution in [-0.2, 0) is 28.5 Å². The maximum atomic E-state index is 10.9. The second-order valence-corrected chi connectivity index (χ2v) is 8.64. The molecule has 174 valence electrons. The minimum absolute atomic E-state index is 0.183. The Morgan fingerprint density at radius 3 is 2.33 bits per heavy atom. The molecule has 0 aromatic rings. The molecule has 1 aliphatic heterocycles. The van der Waals surface area contributed by atoms with E-state index >= 15 is 0 Å². The normalized spacial score (nSPS) is 24.3. The van der Waals surface area contributed by atoms with E-state index in [4.69, 9.17) is 23.7 Å². The van der Waals surface area contributed by atoms with Gasteiger partial charge >= 0.3 is 0 Å². The summed E-state index contributed by atoms with van der Waals surface area (Å²) in [5.74, 6) is -1.33. The molecule has 0 aromatic carbocycles. The molecule has 2 atom stereocenters. The minimum Gasteiger partial charge on any atom is -0.365 e. The van der Waals surface area contributed by atoms with Crippen molar-refractivity contribution >= 4 is 6.29 Å². The van der Waals surface area contributed by atoms with Crippen LogP contribution in [0.4, 0.5) is 0 Å². The number of methoxy groups -OCH3 is 4. The molecule has 0 radical (unpaired) electrons. The Labute approximate surface area is 182 Å². The smallest absolute Gasteiger partial charge is 0.197 e. The lowest BCUT2D eigenvalue weighted by Crippen LogP contribution is -2.56. The molecule has 30 heavy (non-hydrogen) atoms. The molecular formula is C24H42O6. The molecule has 0 aliphatic carbocycles. The summed E-state index contributed by atoms with van der Waals surface area (Å²) in [4.78, 5) is 10.9. The monoisotopic (exact) mass is 426 g/mol. The molecule has 1 rings (SSSR count). The highest BCUT2D eigenvalue weighted by atomic mass is 16.7. The van der Waals surface area contributed by atoms with E-state index in [1.165, 1.54) is 5.57 Å². The number of rotatable bonds is 12. The van der Waals surface area contributed by atoms with Gasteiger partial charge in [-0.1, -0.05) is 18.6 Å². The second-order valence-electron chi connectivity index (χ2n) is 8.64. The van der Waals surface area contributed by atoms with Gasteiger partial charge in [0.15, 0.2) is 11.6 Å². The van der Waals surface area contributed by atoms with Gasteiger partial charge in [0.1, 0.15) is 11.9 Å². The van der Waals surface area contributed by atoms with Gasteiger partial charge < -0.3 is 23.7 Å². The van der Waals surface area contributed by atoms with Gasteiger partial charge in [0.25, 0.3) is 0 Å². The number of allylic oxidation sites excluding steroid dienone is 2. The summed E-state index contributed by atoms with van der Waals surface area (Å²) in [7, 11) is 6.72. The summed E-state index contributed by atoms with van der Waals surface area (Å²) in [6, 6.07) is 0. The minimum atomic E-state index is -0.865. The third kappa shape index (κ3) is 6.24. The summed E-state index contributed by atoms with van der Waals surface area (Å²) in [6.45, 7) is 8.76. The molecule has 0 aromatic heterocycles. The SMILES string of the molecule is COC(CC=C(C)C)(OC)C(C)CCCC1(C)OCC(=CC=O)CCC1(OC)OC. The van der Waals surface area contributed by atoms with Gasteiger partial charge in [0.05, 0.1) is 6.61 Å². The van der Waals surface area contributed by atoms with Gasteiger partial charge in [-0.25, -0.2) is 0 Å². The van der Waals surface area contributed by atoms with Crippen LogP contribution in [0.1, 0.15) is 66.2 Å². The predicted octanol–water partition coefficient (Wildman–Crippen LogP) is 4.82. The highest BCUT2D eigenvalue weighted by Crippen LogP contribution is 2.42. The van der Waals surface area contributed by atoms with Crippen LogP contribution >= 0.6 is 0 Å². The molecule has 1 saturated heterocycles. The lowest BCUT2D eigenvalue weighted by molar-refractivity contribution is -0.307. The van der Waals surface area contributed by atoms with Crippen molar-refractivity contribution in [2.75, 3.05) is 35.0 Å². The number of aldehydes is 1. The number of carbonyl (C=O) groups is 1. The van der Waals surface area contributed by atoms with E-state index in [9.17, 15) is 4.79 Å². The molecule has 2 unspecified atom stereocenters. The largest absolute Gasteiger partial charge is 0.365 e. The zero-order valence-electron chi connectivity index (χ0n) is 20.2. The summed E-state index contributed by atoms with van der Waals surface area (Å²) in [5.41, 5.74) is 1.56. The molecular weight excluding hydrogens is 384 g/mol. The Morgan fingerprint density at radius 2 is 1.83 bits per heavy atom. The van der Waals surface area contributed by atoms with E-state index in [0.717, 1.165) is 31.1 Å². The topological polar surface area (TPSA) is 63.2 Å². The molecule has 0 N–H and O–H groups in total. The Kier molecular flexibility index (Phi) is 10.9. The average Bonchev–Trinajstić information content (AvgIpc) is 2.86. The zero-order chi connectivity index (χ0) is 22.8. The second kappa shape index (κ2) is 12.1. The number of carbonyl (C=O) groups excluding carboxylic acids is 1. The van der Waals surface area contributed by atoms with Crippen LogP contribution in [0.25, 0.3) is 0 Å². The van der Waals surface area contributed by atoms with Crippen LogP contribution in [0.15, 0.2) is 23.3 Å². The summed E-state index contributed by atoms with van der Waals surface area (Å²) in [6.07, 6.45) is 9.13. The summed E-state index contributed by atoms with van der Waals surface area (Å²) < 4.78 is 29.7. The standard InChI is InChI=1S/C24H42O6/c1-19(2)11-15-23(26-5,27-6)20(3)10-9-14-22(4)24(28-7,29-8)16-12-21(13-17-25)18-30-22/h11,13,17,20H,9-10,12,14-16,18H2,1-8H3. The fourth-order valence-corrected chi connectivity index (χ4v) is 4.40. The predicted molar refractivity (Wildman–Crippen MR) is 118 cm³/mol. The van der Waals surface area contributed by atoms with Crippen LogP contribution < -0.4 is 0 Å². The fraction of sp³-hybridized carbons (Fsp3) is 0.792. The molecule has 0 amide bonds. The van der Waals surface area contributed by atoms with Crippen molar-refractivity contribution in [2.45, 2.75) is 83.4 Å².